The zero-order valence-corrected chi connectivity index (χ0v) is 15.9. The molecule has 1 N–H and O–H groups in total. The molecule has 1 aromatic heterocycles. The molecule has 0 bridgehead atoms. The van der Waals surface area contributed by atoms with E-state index < -0.39 is 0 Å². The SMILES string of the molecule is CC(C)(C)Nc1cnc(C(=O)N(Cc2ccccc2)c2ccccc2)cn1. The maximum atomic E-state index is 13.1. The smallest absolute Gasteiger partial charge is 0.278 e. The maximum absolute atomic E-state index is 13.1. The molecular weight excluding hydrogens is 336 g/mol. The molecule has 138 valence electrons. The van der Waals surface area contributed by atoms with E-state index >= 15 is 0 Å². The zero-order chi connectivity index (χ0) is 19.3. The Morgan fingerprint density at radius 2 is 1.56 bits per heavy atom. The lowest BCUT2D eigenvalue weighted by molar-refractivity contribution is 0.0980. The molecule has 0 saturated carbocycles. The molecule has 0 fully saturated rings. The molecule has 0 atom stereocenters. The molecule has 27 heavy (non-hydrogen) atoms. The number of nitrogens with zero attached hydrogens (tertiary/aromatic N) is 3. The fourth-order valence-electron chi connectivity index (χ4n) is 2.68. The number of aromatic nitrogens is 2. The van der Waals surface area contributed by atoms with Crippen LogP contribution in [0.4, 0.5) is 11.5 Å². The number of hydrogen-bond donors (Lipinski definition) is 1. The summed E-state index contributed by atoms with van der Waals surface area (Å²) >= 11 is 0. The van der Waals surface area contributed by atoms with Gasteiger partial charge in [0.25, 0.3) is 5.91 Å². The predicted molar refractivity (Wildman–Crippen MR) is 109 cm³/mol. The number of benzene rings is 2. The molecule has 1 amide bonds. The van der Waals surface area contributed by atoms with Crippen LogP contribution in [0.5, 0.6) is 0 Å². The molecule has 0 aliphatic carbocycles. The van der Waals surface area contributed by atoms with E-state index in [0.717, 1.165) is 11.3 Å². The third-order valence-corrected chi connectivity index (χ3v) is 3.87. The Labute approximate surface area is 160 Å². The van der Waals surface area contributed by atoms with Crippen molar-refractivity contribution in [2.24, 2.45) is 0 Å². The lowest BCUT2D eigenvalue weighted by atomic mass is 10.1. The molecule has 0 saturated heterocycles. The van der Waals surface area contributed by atoms with E-state index in [9.17, 15) is 4.79 Å². The average molecular weight is 360 g/mol. The first-order chi connectivity index (χ1) is 12.9. The summed E-state index contributed by atoms with van der Waals surface area (Å²) in [5.74, 6) is 0.466. The summed E-state index contributed by atoms with van der Waals surface area (Å²) in [6, 6.07) is 19.5. The minimum atomic E-state index is -0.181. The summed E-state index contributed by atoms with van der Waals surface area (Å²) in [6.45, 7) is 6.60. The second-order valence-corrected chi connectivity index (χ2v) is 7.37. The topological polar surface area (TPSA) is 58.1 Å². The summed E-state index contributed by atoms with van der Waals surface area (Å²) in [4.78, 5) is 23.5. The maximum Gasteiger partial charge on any atom is 0.278 e. The van der Waals surface area contributed by atoms with Crippen molar-refractivity contribution in [3.8, 4) is 0 Å². The van der Waals surface area contributed by atoms with Gasteiger partial charge < -0.3 is 10.2 Å². The van der Waals surface area contributed by atoms with E-state index in [1.165, 1.54) is 6.20 Å². The van der Waals surface area contributed by atoms with Gasteiger partial charge in [-0.1, -0.05) is 48.5 Å². The van der Waals surface area contributed by atoms with Crippen molar-refractivity contribution >= 4 is 17.4 Å². The van der Waals surface area contributed by atoms with Crippen molar-refractivity contribution in [1.82, 2.24) is 9.97 Å². The fraction of sp³-hybridized carbons (Fsp3) is 0.227. The van der Waals surface area contributed by atoms with Crippen molar-refractivity contribution in [1.29, 1.82) is 0 Å². The van der Waals surface area contributed by atoms with Crippen LogP contribution < -0.4 is 10.2 Å². The lowest BCUT2D eigenvalue weighted by Gasteiger charge is -2.23. The Bertz CT molecular complexity index is 872. The Kier molecular flexibility index (Phi) is 5.50. The fourth-order valence-corrected chi connectivity index (χ4v) is 2.68. The van der Waals surface area contributed by atoms with Gasteiger partial charge in [-0.3, -0.25) is 4.79 Å². The summed E-state index contributed by atoms with van der Waals surface area (Å²) < 4.78 is 0. The molecular formula is C22H24N4O. The highest BCUT2D eigenvalue weighted by molar-refractivity contribution is 6.04. The monoisotopic (exact) mass is 360 g/mol. The third-order valence-electron chi connectivity index (χ3n) is 3.87. The summed E-state index contributed by atoms with van der Waals surface area (Å²) in [7, 11) is 0. The van der Waals surface area contributed by atoms with E-state index in [0.29, 0.717) is 18.1 Å². The number of rotatable bonds is 5. The van der Waals surface area contributed by atoms with Crippen molar-refractivity contribution in [3.63, 3.8) is 0 Å². The summed E-state index contributed by atoms with van der Waals surface area (Å²) in [5, 5.41) is 3.25. The molecule has 0 aliphatic heterocycles. The highest BCUT2D eigenvalue weighted by atomic mass is 16.2. The van der Waals surface area contributed by atoms with E-state index in [2.05, 4.69) is 15.3 Å². The Hall–Kier alpha value is -3.21. The van der Waals surface area contributed by atoms with Gasteiger partial charge in [-0.15, -0.1) is 0 Å². The Morgan fingerprint density at radius 3 is 2.11 bits per heavy atom. The van der Waals surface area contributed by atoms with Crippen LogP contribution >= 0.6 is 0 Å². The van der Waals surface area contributed by atoms with E-state index in [1.807, 2.05) is 81.4 Å². The van der Waals surface area contributed by atoms with Crippen LogP contribution in [0, 0.1) is 0 Å². The molecule has 2 aromatic carbocycles. The standard InChI is InChI=1S/C22H24N4O/c1-22(2,3)25-20-15-23-19(14-24-20)21(27)26(18-12-8-5-9-13-18)16-17-10-6-4-7-11-17/h4-15H,16H2,1-3H3,(H,24,25). The van der Waals surface area contributed by atoms with Gasteiger partial charge in [0.1, 0.15) is 11.5 Å². The highest BCUT2D eigenvalue weighted by Crippen LogP contribution is 2.20. The zero-order valence-electron chi connectivity index (χ0n) is 15.9. The van der Waals surface area contributed by atoms with Crippen LogP contribution in [0.2, 0.25) is 0 Å². The van der Waals surface area contributed by atoms with Gasteiger partial charge >= 0.3 is 0 Å². The van der Waals surface area contributed by atoms with E-state index in [1.54, 1.807) is 11.1 Å². The first kappa shape index (κ1) is 18.6. The van der Waals surface area contributed by atoms with Crippen LogP contribution in [0.3, 0.4) is 0 Å². The number of carbonyl (C=O) groups excluding carboxylic acids is 1. The molecule has 3 rings (SSSR count). The van der Waals surface area contributed by atoms with Gasteiger partial charge in [-0.05, 0) is 38.5 Å². The molecule has 5 nitrogen and oxygen atoms in total. The van der Waals surface area contributed by atoms with Crippen LogP contribution in [-0.4, -0.2) is 21.4 Å². The van der Waals surface area contributed by atoms with Gasteiger partial charge in [0.15, 0.2) is 0 Å². The highest BCUT2D eigenvalue weighted by Gasteiger charge is 2.20. The Balaban J connectivity index is 1.86. The second kappa shape index (κ2) is 7.99. The lowest BCUT2D eigenvalue weighted by Crippen LogP contribution is -2.31. The molecule has 1 heterocycles. The van der Waals surface area contributed by atoms with Gasteiger partial charge in [0.05, 0.1) is 18.9 Å². The first-order valence-corrected chi connectivity index (χ1v) is 8.93. The van der Waals surface area contributed by atoms with Crippen molar-refractivity contribution in [3.05, 3.63) is 84.3 Å². The van der Waals surface area contributed by atoms with E-state index in [4.69, 9.17) is 0 Å². The molecule has 0 radical (unpaired) electrons. The predicted octanol–water partition coefficient (Wildman–Crippen LogP) is 4.53. The number of amides is 1. The molecule has 0 unspecified atom stereocenters. The first-order valence-electron chi connectivity index (χ1n) is 8.93. The van der Waals surface area contributed by atoms with Gasteiger partial charge in [-0.2, -0.15) is 0 Å². The van der Waals surface area contributed by atoms with Crippen molar-refractivity contribution < 1.29 is 4.79 Å². The van der Waals surface area contributed by atoms with Gasteiger partial charge in [-0.25, -0.2) is 9.97 Å². The van der Waals surface area contributed by atoms with Crippen LogP contribution in [0.15, 0.2) is 73.1 Å². The third kappa shape index (κ3) is 5.14. The molecule has 0 aliphatic rings. The van der Waals surface area contributed by atoms with Crippen LogP contribution in [-0.2, 0) is 6.54 Å². The molecule has 3 aromatic rings. The van der Waals surface area contributed by atoms with Crippen LogP contribution in [0.1, 0.15) is 36.8 Å². The molecule has 5 heteroatoms. The average Bonchev–Trinajstić information content (AvgIpc) is 2.66. The van der Waals surface area contributed by atoms with Crippen LogP contribution in [0.25, 0.3) is 0 Å². The second-order valence-electron chi connectivity index (χ2n) is 7.37. The minimum absolute atomic E-state index is 0.121. The van der Waals surface area contributed by atoms with E-state index in [-0.39, 0.29) is 11.4 Å². The largest absolute Gasteiger partial charge is 0.364 e. The van der Waals surface area contributed by atoms with Crippen molar-refractivity contribution in [2.45, 2.75) is 32.9 Å². The number of hydrogen-bond acceptors (Lipinski definition) is 4. The number of carbonyl (C=O) groups is 1. The normalized spacial score (nSPS) is 11.1. The number of anilines is 2. The van der Waals surface area contributed by atoms with Crippen molar-refractivity contribution in [2.75, 3.05) is 10.2 Å². The summed E-state index contributed by atoms with van der Waals surface area (Å²) in [5.41, 5.74) is 2.07. The number of para-hydroxylation sites is 1. The van der Waals surface area contributed by atoms with Gasteiger partial charge in [0.2, 0.25) is 0 Å². The van der Waals surface area contributed by atoms with Gasteiger partial charge in [0, 0.05) is 11.2 Å². The quantitative estimate of drug-likeness (QED) is 0.726. The molecule has 0 spiro atoms. The Morgan fingerprint density at radius 1 is 0.926 bits per heavy atom. The minimum Gasteiger partial charge on any atom is -0.364 e. The summed E-state index contributed by atoms with van der Waals surface area (Å²) in [6.07, 6.45) is 3.13. The number of nitrogens with one attached hydrogen (secondary N) is 1.